The van der Waals surface area contributed by atoms with Crippen LogP contribution in [0.15, 0.2) is 29.5 Å². The van der Waals surface area contributed by atoms with Crippen LogP contribution in [0.4, 0.5) is 0 Å². The Labute approximate surface area is 188 Å². The fourth-order valence-electron chi connectivity index (χ4n) is 5.73. The van der Waals surface area contributed by atoms with E-state index in [-0.39, 0.29) is 5.54 Å². The number of hydrogen-bond acceptors (Lipinski definition) is 6. The van der Waals surface area contributed by atoms with Crippen LogP contribution in [0, 0.1) is 11.8 Å². The van der Waals surface area contributed by atoms with Gasteiger partial charge in [-0.05, 0) is 83.6 Å². The fourth-order valence-corrected chi connectivity index (χ4v) is 6.71. The summed E-state index contributed by atoms with van der Waals surface area (Å²) in [4.78, 5) is 15.8. The summed E-state index contributed by atoms with van der Waals surface area (Å²) in [7, 11) is 0. The Kier molecular flexibility index (Phi) is 6.06. The van der Waals surface area contributed by atoms with Crippen LogP contribution in [-0.2, 0) is 0 Å². The smallest absolute Gasteiger partial charge is 0.0967 e. The number of rotatable bonds is 2. The third-order valence-corrected chi connectivity index (χ3v) is 8.64. The topological polar surface area (TPSA) is 32.3 Å². The molecule has 30 heavy (non-hydrogen) atoms. The fraction of sp³-hybridized carbons (Fsp3) is 0.583. The van der Waals surface area contributed by atoms with Crippen molar-refractivity contribution in [2.24, 2.45) is 0 Å². The second-order valence-electron chi connectivity index (χ2n) is 8.88. The maximum Gasteiger partial charge on any atom is 0.0967 e. The summed E-state index contributed by atoms with van der Waals surface area (Å²) in [5.41, 5.74) is 4.38. The van der Waals surface area contributed by atoms with Crippen LogP contribution in [0.2, 0.25) is 0 Å². The summed E-state index contributed by atoms with van der Waals surface area (Å²) in [5.74, 6) is 6.80. The molecule has 6 rings (SSSR count). The molecule has 0 saturated carbocycles. The minimum absolute atomic E-state index is 0.226. The van der Waals surface area contributed by atoms with Gasteiger partial charge < -0.3 is 0 Å². The van der Waals surface area contributed by atoms with Gasteiger partial charge in [-0.2, -0.15) is 0 Å². The molecule has 0 radical (unpaired) electrons. The van der Waals surface area contributed by atoms with Gasteiger partial charge >= 0.3 is 0 Å². The maximum atomic E-state index is 4.10. The average molecular weight is 439 g/mol. The lowest BCUT2D eigenvalue weighted by molar-refractivity contribution is 0.251. The van der Waals surface area contributed by atoms with Crippen LogP contribution in [0.3, 0.4) is 0 Å². The average Bonchev–Trinajstić information content (AvgIpc) is 3.56. The van der Waals surface area contributed by atoms with Crippen molar-refractivity contribution in [1.29, 1.82) is 0 Å². The third kappa shape index (κ3) is 4.13. The van der Waals surface area contributed by atoms with Crippen LogP contribution >= 0.6 is 22.7 Å². The molecular formula is C24H30N4S2. The molecule has 0 unspecified atom stereocenters. The summed E-state index contributed by atoms with van der Waals surface area (Å²) in [5, 5.41) is 0. The predicted octanol–water partition coefficient (Wildman–Crippen LogP) is 4.91. The number of thiazole rings is 2. The first-order valence-corrected chi connectivity index (χ1v) is 13.0. The second kappa shape index (κ2) is 8.92. The second-order valence-corrected chi connectivity index (χ2v) is 10.7. The van der Waals surface area contributed by atoms with Gasteiger partial charge in [0, 0.05) is 16.6 Å². The first kappa shape index (κ1) is 20.4. The summed E-state index contributed by atoms with van der Waals surface area (Å²) < 4.78 is 0. The largest absolute Gasteiger partial charge is 0.294 e. The molecule has 4 aliphatic rings. The van der Waals surface area contributed by atoms with Gasteiger partial charge in [0.1, 0.15) is 0 Å². The van der Waals surface area contributed by atoms with Gasteiger partial charge in [-0.3, -0.25) is 19.8 Å². The molecule has 0 N–H and O–H groups in total. The van der Waals surface area contributed by atoms with Crippen molar-refractivity contribution < 1.29 is 0 Å². The van der Waals surface area contributed by atoms with E-state index in [2.05, 4.69) is 43.8 Å². The molecule has 4 fully saturated rings. The Hall–Kier alpha value is -1.52. The molecule has 4 aliphatic heterocycles. The Balaban J connectivity index is 0.000000128. The lowest BCUT2D eigenvalue weighted by Crippen LogP contribution is -2.36. The van der Waals surface area contributed by atoms with Crippen molar-refractivity contribution in [3.05, 3.63) is 39.2 Å². The van der Waals surface area contributed by atoms with Crippen LogP contribution in [0.25, 0.3) is 6.08 Å². The number of aromatic nitrogens is 2. The first-order chi connectivity index (χ1) is 14.8. The van der Waals surface area contributed by atoms with Crippen molar-refractivity contribution in [1.82, 2.24) is 19.8 Å². The van der Waals surface area contributed by atoms with Crippen LogP contribution in [0.1, 0.15) is 61.1 Å². The zero-order chi connectivity index (χ0) is 20.3. The van der Waals surface area contributed by atoms with Gasteiger partial charge in [-0.1, -0.05) is 17.9 Å². The monoisotopic (exact) mass is 438 g/mol. The van der Waals surface area contributed by atoms with E-state index in [1.807, 2.05) is 23.4 Å². The Morgan fingerprint density at radius 3 is 2.17 bits per heavy atom. The van der Waals surface area contributed by atoms with Gasteiger partial charge in [-0.15, -0.1) is 22.7 Å². The summed E-state index contributed by atoms with van der Waals surface area (Å²) >= 11 is 3.35. The number of nitrogens with zero attached hydrogens (tertiary/aromatic N) is 4. The highest BCUT2D eigenvalue weighted by atomic mass is 32.1. The van der Waals surface area contributed by atoms with E-state index < -0.39 is 0 Å². The molecule has 0 spiro atoms. The SMILES string of the molecule is C(#CC12CCCN1CCC2)c1cncs1.C(=CC12CCCN1CCC2)c1cncs1. The molecule has 6 heterocycles. The molecule has 2 aromatic rings. The van der Waals surface area contributed by atoms with E-state index >= 15 is 0 Å². The zero-order valence-corrected chi connectivity index (χ0v) is 19.2. The van der Waals surface area contributed by atoms with Crippen LogP contribution in [-0.4, -0.2) is 57.0 Å². The van der Waals surface area contributed by atoms with Crippen LogP contribution in [0.5, 0.6) is 0 Å². The minimum Gasteiger partial charge on any atom is -0.294 e. The maximum absolute atomic E-state index is 4.10. The lowest BCUT2D eigenvalue weighted by Gasteiger charge is -2.28. The third-order valence-electron chi connectivity index (χ3n) is 7.21. The van der Waals surface area contributed by atoms with Crippen molar-refractivity contribution >= 4 is 28.7 Å². The van der Waals surface area contributed by atoms with Gasteiger partial charge in [0.15, 0.2) is 0 Å². The van der Waals surface area contributed by atoms with E-state index in [4.69, 9.17) is 0 Å². The quantitative estimate of drug-likeness (QED) is 0.624. The highest BCUT2D eigenvalue weighted by Crippen LogP contribution is 2.40. The summed E-state index contributed by atoms with van der Waals surface area (Å²) in [6.45, 7) is 5.09. The Morgan fingerprint density at radius 2 is 1.50 bits per heavy atom. The molecule has 2 aromatic heterocycles. The van der Waals surface area contributed by atoms with E-state index in [1.54, 1.807) is 22.7 Å². The summed E-state index contributed by atoms with van der Waals surface area (Å²) in [6, 6.07) is 0. The highest BCUT2D eigenvalue weighted by molar-refractivity contribution is 7.10. The summed E-state index contributed by atoms with van der Waals surface area (Å²) in [6.07, 6.45) is 19.1. The number of fused-ring (bicyclic) bond motifs is 2. The Morgan fingerprint density at radius 1 is 0.833 bits per heavy atom. The van der Waals surface area contributed by atoms with Crippen molar-refractivity contribution in [3.63, 3.8) is 0 Å². The van der Waals surface area contributed by atoms with Crippen molar-refractivity contribution in [3.8, 4) is 11.8 Å². The van der Waals surface area contributed by atoms with Crippen molar-refractivity contribution in [2.75, 3.05) is 26.2 Å². The molecule has 6 heteroatoms. The van der Waals surface area contributed by atoms with E-state index in [1.165, 1.54) is 82.4 Å². The van der Waals surface area contributed by atoms with Gasteiger partial charge in [0.25, 0.3) is 0 Å². The predicted molar refractivity (Wildman–Crippen MR) is 126 cm³/mol. The molecule has 0 bridgehead atoms. The first-order valence-electron chi connectivity index (χ1n) is 11.3. The van der Waals surface area contributed by atoms with E-state index in [0.29, 0.717) is 5.54 Å². The standard InChI is InChI=1S/C12H16N2S.C12H14N2S/c2*1-4-12(5-2-8-14(12)7-1)6-3-11-9-13-10-15-11/h3,6,9-10H,1-2,4-5,7-8H2;9-10H,1-2,4-5,7-8H2. The molecule has 0 amide bonds. The normalized spacial score (nSPS) is 24.3. The molecule has 0 aliphatic carbocycles. The van der Waals surface area contributed by atoms with E-state index in [0.717, 1.165) is 4.88 Å². The molecule has 4 nitrogen and oxygen atoms in total. The van der Waals surface area contributed by atoms with Gasteiger partial charge in [-0.25, -0.2) is 0 Å². The van der Waals surface area contributed by atoms with Gasteiger partial charge in [0.05, 0.1) is 27.6 Å². The number of hydrogen-bond donors (Lipinski definition) is 0. The van der Waals surface area contributed by atoms with Crippen LogP contribution < -0.4 is 0 Å². The molecule has 158 valence electrons. The molecule has 4 saturated heterocycles. The zero-order valence-electron chi connectivity index (χ0n) is 17.6. The van der Waals surface area contributed by atoms with Gasteiger partial charge in [0.2, 0.25) is 0 Å². The lowest BCUT2D eigenvalue weighted by atomic mass is 9.93. The molecular weight excluding hydrogens is 408 g/mol. The molecule has 0 aromatic carbocycles. The Bertz CT molecular complexity index is 887. The molecule has 0 atom stereocenters. The van der Waals surface area contributed by atoms with E-state index in [9.17, 15) is 0 Å². The van der Waals surface area contributed by atoms with Crippen molar-refractivity contribution in [2.45, 2.75) is 62.4 Å². The highest BCUT2D eigenvalue weighted by Gasteiger charge is 2.43. The minimum atomic E-state index is 0.226.